The molecule has 1 amide bonds. The van der Waals surface area contributed by atoms with Crippen LogP contribution in [0.25, 0.3) is 0 Å². The van der Waals surface area contributed by atoms with Crippen LogP contribution in [0, 0.1) is 0 Å². The van der Waals surface area contributed by atoms with Crippen molar-refractivity contribution in [1.82, 2.24) is 15.3 Å². The number of carbonyl (C=O) groups is 1. The van der Waals surface area contributed by atoms with Crippen LogP contribution in [0.1, 0.15) is 34.4 Å². The Morgan fingerprint density at radius 2 is 2.39 bits per heavy atom. The molecule has 23 heavy (non-hydrogen) atoms. The van der Waals surface area contributed by atoms with Crippen LogP contribution in [0.5, 0.6) is 0 Å². The van der Waals surface area contributed by atoms with Gasteiger partial charge in [-0.05, 0) is 25.0 Å². The topological polar surface area (TPSA) is 76.1 Å². The minimum atomic E-state index is -0.138. The van der Waals surface area contributed by atoms with Gasteiger partial charge in [0.2, 0.25) is 0 Å². The Balaban J connectivity index is 1.52. The van der Waals surface area contributed by atoms with Gasteiger partial charge < -0.3 is 15.4 Å². The number of anilines is 1. The molecule has 1 saturated heterocycles. The van der Waals surface area contributed by atoms with E-state index in [-0.39, 0.29) is 5.91 Å². The first-order valence-corrected chi connectivity index (χ1v) is 8.64. The fourth-order valence-electron chi connectivity index (χ4n) is 2.32. The van der Waals surface area contributed by atoms with Crippen LogP contribution in [0.2, 0.25) is 0 Å². The van der Waals surface area contributed by atoms with Gasteiger partial charge in [0.05, 0.1) is 30.5 Å². The molecule has 0 spiro atoms. The number of nitrogens with one attached hydrogen (secondary N) is 2. The van der Waals surface area contributed by atoms with Gasteiger partial charge in [0.25, 0.3) is 5.91 Å². The van der Waals surface area contributed by atoms with Gasteiger partial charge in [-0.25, -0.2) is 9.97 Å². The second kappa shape index (κ2) is 7.52. The Kier molecular flexibility index (Phi) is 5.19. The molecule has 7 heteroatoms. The van der Waals surface area contributed by atoms with Crippen molar-refractivity contribution in [3.8, 4) is 0 Å². The number of thiazole rings is 1. The monoisotopic (exact) mass is 332 g/mol. The van der Waals surface area contributed by atoms with Crippen LogP contribution in [0.3, 0.4) is 0 Å². The van der Waals surface area contributed by atoms with E-state index in [0.717, 1.165) is 36.0 Å². The standard InChI is InChI=1S/C16H20N4O2S/c1-2-12-10-23-15(20-12)8-18-16(21)11-3-4-14(17-7-11)19-13-5-6-22-9-13/h3-4,7,10,13H,2,5-6,8-9H2,1H3,(H,17,19)(H,18,21)/t13-/m1/s1. The Morgan fingerprint density at radius 1 is 1.48 bits per heavy atom. The molecular weight excluding hydrogens is 312 g/mol. The van der Waals surface area contributed by atoms with Crippen molar-refractivity contribution in [2.24, 2.45) is 0 Å². The summed E-state index contributed by atoms with van der Waals surface area (Å²) >= 11 is 1.57. The molecule has 1 fully saturated rings. The van der Waals surface area contributed by atoms with Gasteiger partial charge in [-0.15, -0.1) is 11.3 Å². The number of aryl methyl sites for hydroxylation is 1. The third-order valence-electron chi connectivity index (χ3n) is 3.67. The molecule has 122 valence electrons. The molecule has 0 aliphatic carbocycles. The van der Waals surface area contributed by atoms with Crippen LogP contribution in [0.15, 0.2) is 23.7 Å². The third kappa shape index (κ3) is 4.27. The first-order chi connectivity index (χ1) is 11.2. The van der Waals surface area contributed by atoms with Gasteiger partial charge in [-0.2, -0.15) is 0 Å². The van der Waals surface area contributed by atoms with Gasteiger partial charge in [0.15, 0.2) is 0 Å². The molecule has 0 radical (unpaired) electrons. The number of aromatic nitrogens is 2. The summed E-state index contributed by atoms with van der Waals surface area (Å²) in [6.45, 7) is 4.01. The average molecular weight is 332 g/mol. The fraction of sp³-hybridized carbons (Fsp3) is 0.438. The van der Waals surface area contributed by atoms with Crippen molar-refractivity contribution >= 4 is 23.1 Å². The molecule has 3 heterocycles. The normalized spacial score (nSPS) is 17.2. The van der Waals surface area contributed by atoms with E-state index in [2.05, 4.69) is 27.5 Å². The summed E-state index contributed by atoms with van der Waals surface area (Å²) in [6.07, 6.45) is 3.49. The van der Waals surface area contributed by atoms with Crippen molar-refractivity contribution in [1.29, 1.82) is 0 Å². The summed E-state index contributed by atoms with van der Waals surface area (Å²) in [7, 11) is 0. The fourth-order valence-corrected chi connectivity index (χ4v) is 3.14. The molecule has 6 nitrogen and oxygen atoms in total. The highest BCUT2D eigenvalue weighted by molar-refractivity contribution is 7.09. The summed E-state index contributed by atoms with van der Waals surface area (Å²) in [6, 6.07) is 3.91. The molecule has 0 aromatic carbocycles. The molecule has 1 atom stereocenters. The van der Waals surface area contributed by atoms with E-state index in [0.29, 0.717) is 24.8 Å². The lowest BCUT2D eigenvalue weighted by Crippen LogP contribution is -2.23. The molecule has 1 aliphatic heterocycles. The number of hydrogen-bond acceptors (Lipinski definition) is 6. The predicted octanol–water partition coefficient (Wildman–Crippen LogP) is 2.23. The predicted molar refractivity (Wildman–Crippen MR) is 89.7 cm³/mol. The van der Waals surface area contributed by atoms with Crippen LogP contribution in [0.4, 0.5) is 5.82 Å². The second-order valence-corrected chi connectivity index (χ2v) is 6.35. The van der Waals surface area contributed by atoms with E-state index in [1.807, 2.05) is 11.4 Å². The van der Waals surface area contributed by atoms with Crippen molar-refractivity contribution in [3.63, 3.8) is 0 Å². The van der Waals surface area contributed by atoms with Gasteiger partial charge in [-0.3, -0.25) is 4.79 Å². The number of ether oxygens (including phenoxy) is 1. The molecule has 1 aliphatic rings. The number of rotatable bonds is 6. The quantitative estimate of drug-likeness (QED) is 0.848. The van der Waals surface area contributed by atoms with Crippen molar-refractivity contribution in [2.45, 2.75) is 32.4 Å². The van der Waals surface area contributed by atoms with Crippen molar-refractivity contribution < 1.29 is 9.53 Å². The summed E-state index contributed by atoms with van der Waals surface area (Å²) in [5, 5.41) is 9.11. The molecule has 0 bridgehead atoms. The SMILES string of the molecule is CCc1csc(CNC(=O)c2ccc(N[C@@H]3CCOC3)nc2)n1. The highest BCUT2D eigenvalue weighted by Crippen LogP contribution is 2.13. The lowest BCUT2D eigenvalue weighted by atomic mass is 10.2. The lowest BCUT2D eigenvalue weighted by Gasteiger charge is -2.11. The van der Waals surface area contributed by atoms with Gasteiger partial charge >= 0.3 is 0 Å². The number of pyridine rings is 1. The van der Waals surface area contributed by atoms with Gasteiger partial charge in [-0.1, -0.05) is 6.92 Å². The van der Waals surface area contributed by atoms with E-state index in [1.54, 1.807) is 23.6 Å². The van der Waals surface area contributed by atoms with Crippen LogP contribution in [-0.4, -0.2) is 35.1 Å². The second-order valence-electron chi connectivity index (χ2n) is 5.41. The lowest BCUT2D eigenvalue weighted by molar-refractivity contribution is 0.0950. The molecule has 2 aromatic heterocycles. The van der Waals surface area contributed by atoms with Crippen LogP contribution in [-0.2, 0) is 17.7 Å². The first-order valence-electron chi connectivity index (χ1n) is 7.76. The van der Waals surface area contributed by atoms with E-state index in [9.17, 15) is 4.79 Å². The zero-order valence-electron chi connectivity index (χ0n) is 13.0. The molecule has 0 saturated carbocycles. The number of carbonyl (C=O) groups excluding carboxylic acids is 1. The Bertz CT molecular complexity index is 650. The highest BCUT2D eigenvalue weighted by Gasteiger charge is 2.15. The van der Waals surface area contributed by atoms with Crippen molar-refractivity contribution in [2.75, 3.05) is 18.5 Å². The summed E-state index contributed by atoms with van der Waals surface area (Å²) in [5.74, 6) is 0.631. The van der Waals surface area contributed by atoms with E-state index < -0.39 is 0 Å². The summed E-state index contributed by atoms with van der Waals surface area (Å²) < 4.78 is 5.32. The molecular formula is C16H20N4O2S. The smallest absolute Gasteiger partial charge is 0.253 e. The van der Waals surface area contributed by atoms with Gasteiger partial charge in [0.1, 0.15) is 10.8 Å². The maximum atomic E-state index is 12.1. The maximum Gasteiger partial charge on any atom is 0.253 e. The van der Waals surface area contributed by atoms with Gasteiger partial charge in [0, 0.05) is 18.2 Å². The average Bonchev–Trinajstić information content (AvgIpc) is 3.24. The van der Waals surface area contributed by atoms with E-state index in [4.69, 9.17) is 4.74 Å². The first kappa shape index (κ1) is 15.9. The third-order valence-corrected chi connectivity index (χ3v) is 4.57. The maximum absolute atomic E-state index is 12.1. The Labute approximate surface area is 139 Å². The Morgan fingerprint density at radius 3 is 3.04 bits per heavy atom. The van der Waals surface area contributed by atoms with Crippen molar-refractivity contribution in [3.05, 3.63) is 40.0 Å². The minimum absolute atomic E-state index is 0.138. The number of amides is 1. The zero-order valence-corrected chi connectivity index (χ0v) is 13.9. The number of nitrogens with zero attached hydrogens (tertiary/aromatic N) is 2. The van der Waals surface area contributed by atoms with E-state index in [1.165, 1.54) is 0 Å². The molecule has 2 aromatic rings. The minimum Gasteiger partial charge on any atom is -0.379 e. The zero-order chi connectivity index (χ0) is 16.1. The molecule has 2 N–H and O–H groups in total. The molecule has 0 unspecified atom stereocenters. The number of hydrogen-bond donors (Lipinski definition) is 2. The van der Waals surface area contributed by atoms with Crippen LogP contribution >= 0.6 is 11.3 Å². The summed E-state index contributed by atoms with van der Waals surface area (Å²) in [5.41, 5.74) is 1.61. The summed E-state index contributed by atoms with van der Waals surface area (Å²) in [4.78, 5) is 20.9. The Hall–Kier alpha value is -1.99. The van der Waals surface area contributed by atoms with E-state index >= 15 is 0 Å². The van der Waals surface area contributed by atoms with Crippen LogP contribution < -0.4 is 10.6 Å². The highest BCUT2D eigenvalue weighted by atomic mass is 32.1. The largest absolute Gasteiger partial charge is 0.379 e. The molecule has 3 rings (SSSR count).